The monoisotopic (exact) mass is 354 g/mol. The molecule has 3 nitrogen and oxygen atoms in total. The Balaban J connectivity index is 1.52. The third-order valence-corrected chi connectivity index (χ3v) is 5.72. The minimum atomic E-state index is -0.205. The lowest BCUT2D eigenvalue weighted by Gasteiger charge is -2.35. The summed E-state index contributed by atoms with van der Waals surface area (Å²) in [4.78, 5) is 15.1. The number of carbonyl (C=O) groups excluding carboxylic acids is 1. The summed E-state index contributed by atoms with van der Waals surface area (Å²) >= 11 is 0. The molecule has 0 radical (unpaired) electrons. The number of benzene rings is 1. The number of carbonyl (C=O) groups is 1. The highest BCUT2D eigenvalue weighted by molar-refractivity contribution is 5.81. The fraction of sp³-hybridized carbons (Fsp3) is 0.500. The summed E-state index contributed by atoms with van der Waals surface area (Å²) in [6.07, 6.45) is 10.1. The second-order valence-corrected chi connectivity index (χ2v) is 7.79. The standard InChI is InChI=1S/C22H27FN2O/c23-19-7-4-6-17(14-19)15-24-13-5-10-21(24)16-25(22(26)18-11-12-18)20-8-2-1-3-9-20/h4-7,10,13-14,18,20H,1-3,8-9,11-12,15-16H2. The van der Waals surface area contributed by atoms with E-state index in [0.29, 0.717) is 25.0 Å². The molecule has 26 heavy (non-hydrogen) atoms. The van der Waals surface area contributed by atoms with E-state index in [9.17, 15) is 9.18 Å². The van der Waals surface area contributed by atoms with Gasteiger partial charge in [-0.1, -0.05) is 31.4 Å². The molecule has 2 saturated carbocycles. The maximum atomic E-state index is 13.5. The van der Waals surface area contributed by atoms with Gasteiger partial charge in [0, 0.05) is 30.4 Å². The van der Waals surface area contributed by atoms with Crippen LogP contribution in [0.1, 0.15) is 56.2 Å². The minimum Gasteiger partial charge on any atom is -0.345 e. The molecule has 2 aliphatic rings. The molecule has 0 saturated heterocycles. The largest absolute Gasteiger partial charge is 0.345 e. The van der Waals surface area contributed by atoms with E-state index in [1.54, 1.807) is 12.1 Å². The van der Waals surface area contributed by atoms with Crippen molar-refractivity contribution < 1.29 is 9.18 Å². The number of hydrogen-bond donors (Lipinski definition) is 0. The molecular formula is C22H27FN2O. The predicted octanol–water partition coefficient (Wildman–Crippen LogP) is 4.75. The topological polar surface area (TPSA) is 25.2 Å². The third kappa shape index (κ3) is 4.00. The molecule has 2 aliphatic carbocycles. The zero-order chi connectivity index (χ0) is 17.9. The molecule has 4 heteroatoms. The Hall–Kier alpha value is -2.10. The molecule has 2 aromatic rings. The van der Waals surface area contributed by atoms with E-state index >= 15 is 0 Å². The summed E-state index contributed by atoms with van der Waals surface area (Å²) in [5.41, 5.74) is 2.08. The summed E-state index contributed by atoms with van der Waals surface area (Å²) in [5.74, 6) is 0.392. The molecule has 0 aliphatic heterocycles. The molecular weight excluding hydrogens is 327 g/mol. The number of aromatic nitrogens is 1. The van der Waals surface area contributed by atoms with Gasteiger partial charge in [0.25, 0.3) is 0 Å². The average Bonchev–Trinajstić information content (AvgIpc) is 3.42. The molecule has 1 aromatic heterocycles. The van der Waals surface area contributed by atoms with Gasteiger partial charge in [-0.05, 0) is 55.5 Å². The predicted molar refractivity (Wildman–Crippen MR) is 100 cm³/mol. The van der Waals surface area contributed by atoms with Crippen molar-refractivity contribution in [1.29, 1.82) is 0 Å². The summed E-state index contributed by atoms with van der Waals surface area (Å²) in [5, 5.41) is 0. The van der Waals surface area contributed by atoms with E-state index in [-0.39, 0.29) is 11.7 Å². The van der Waals surface area contributed by atoms with Gasteiger partial charge in [0.1, 0.15) is 5.82 Å². The lowest BCUT2D eigenvalue weighted by Crippen LogP contribution is -2.42. The molecule has 1 heterocycles. The van der Waals surface area contributed by atoms with Gasteiger partial charge in [-0.15, -0.1) is 0 Å². The van der Waals surface area contributed by atoms with Crippen LogP contribution in [0, 0.1) is 11.7 Å². The SMILES string of the molecule is O=C(C1CC1)N(Cc1cccn1Cc1cccc(F)c1)C1CCCCC1. The van der Waals surface area contributed by atoms with E-state index in [2.05, 4.69) is 15.5 Å². The molecule has 1 amide bonds. The van der Waals surface area contributed by atoms with Crippen molar-refractivity contribution >= 4 is 5.91 Å². The van der Waals surface area contributed by atoms with Crippen molar-refractivity contribution in [3.8, 4) is 0 Å². The van der Waals surface area contributed by atoms with Gasteiger partial charge in [-0.25, -0.2) is 4.39 Å². The van der Waals surface area contributed by atoms with Crippen LogP contribution in [0.5, 0.6) is 0 Å². The van der Waals surface area contributed by atoms with E-state index in [0.717, 1.165) is 36.9 Å². The zero-order valence-electron chi connectivity index (χ0n) is 15.2. The quantitative estimate of drug-likeness (QED) is 0.735. The van der Waals surface area contributed by atoms with Gasteiger partial charge < -0.3 is 9.47 Å². The normalized spacial score (nSPS) is 18.0. The first kappa shape index (κ1) is 17.3. The molecule has 2 fully saturated rings. The fourth-order valence-corrected chi connectivity index (χ4v) is 4.10. The fourth-order valence-electron chi connectivity index (χ4n) is 4.10. The first-order valence-electron chi connectivity index (χ1n) is 9.89. The number of halogens is 1. The van der Waals surface area contributed by atoms with Gasteiger partial charge in [-0.3, -0.25) is 4.79 Å². The lowest BCUT2D eigenvalue weighted by molar-refractivity contribution is -0.136. The maximum Gasteiger partial charge on any atom is 0.226 e. The Labute approximate surface area is 154 Å². The van der Waals surface area contributed by atoms with Crippen molar-refractivity contribution in [3.05, 3.63) is 59.7 Å². The first-order valence-corrected chi connectivity index (χ1v) is 9.89. The van der Waals surface area contributed by atoms with Gasteiger partial charge >= 0.3 is 0 Å². The molecule has 4 rings (SSSR count). The summed E-state index contributed by atoms with van der Waals surface area (Å²) < 4.78 is 15.6. The number of amides is 1. The van der Waals surface area contributed by atoms with Crippen molar-refractivity contribution in [2.45, 2.75) is 64.1 Å². The van der Waals surface area contributed by atoms with Crippen LogP contribution >= 0.6 is 0 Å². The maximum absolute atomic E-state index is 13.5. The van der Waals surface area contributed by atoms with E-state index in [1.807, 2.05) is 18.3 Å². The van der Waals surface area contributed by atoms with Gasteiger partial charge in [0.05, 0.1) is 6.54 Å². The number of hydrogen-bond acceptors (Lipinski definition) is 1. The van der Waals surface area contributed by atoms with Crippen LogP contribution in [0.4, 0.5) is 4.39 Å². The van der Waals surface area contributed by atoms with Crippen LogP contribution in [0.15, 0.2) is 42.6 Å². The number of nitrogens with zero attached hydrogens (tertiary/aromatic N) is 2. The molecule has 1 aromatic carbocycles. The Morgan fingerprint density at radius 1 is 1.08 bits per heavy atom. The highest BCUT2D eigenvalue weighted by atomic mass is 19.1. The van der Waals surface area contributed by atoms with E-state index < -0.39 is 0 Å². The van der Waals surface area contributed by atoms with Crippen molar-refractivity contribution in [3.63, 3.8) is 0 Å². The van der Waals surface area contributed by atoms with Crippen LogP contribution in [-0.2, 0) is 17.9 Å². The first-order chi connectivity index (χ1) is 12.7. The van der Waals surface area contributed by atoms with E-state index in [4.69, 9.17) is 0 Å². The van der Waals surface area contributed by atoms with Crippen LogP contribution in [0.25, 0.3) is 0 Å². The number of rotatable bonds is 6. The van der Waals surface area contributed by atoms with Crippen LogP contribution in [0.2, 0.25) is 0 Å². The van der Waals surface area contributed by atoms with E-state index in [1.165, 1.54) is 25.3 Å². The van der Waals surface area contributed by atoms with Crippen LogP contribution in [0.3, 0.4) is 0 Å². The van der Waals surface area contributed by atoms with Crippen LogP contribution in [-0.4, -0.2) is 21.4 Å². The average molecular weight is 354 g/mol. The Kier molecular flexibility index (Phi) is 5.09. The van der Waals surface area contributed by atoms with Crippen molar-refractivity contribution in [2.24, 2.45) is 5.92 Å². The molecule has 138 valence electrons. The van der Waals surface area contributed by atoms with Crippen LogP contribution < -0.4 is 0 Å². The smallest absolute Gasteiger partial charge is 0.226 e. The Morgan fingerprint density at radius 2 is 1.88 bits per heavy atom. The Morgan fingerprint density at radius 3 is 2.62 bits per heavy atom. The minimum absolute atomic E-state index is 0.205. The Bertz CT molecular complexity index is 759. The molecule has 0 bridgehead atoms. The van der Waals surface area contributed by atoms with Crippen molar-refractivity contribution in [1.82, 2.24) is 9.47 Å². The van der Waals surface area contributed by atoms with Crippen molar-refractivity contribution in [2.75, 3.05) is 0 Å². The second kappa shape index (κ2) is 7.65. The van der Waals surface area contributed by atoms with Gasteiger partial charge in [-0.2, -0.15) is 0 Å². The highest BCUT2D eigenvalue weighted by Crippen LogP contribution is 2.34. The second-order valence-electron chi connectivity index (χ2n) is 7.79. The molecule has 0 unspecified atom stereocenters. The highest BCUT2D eigenvalue weighted by Gasteiger charge is 2.36. The summed E-state index contributed by atoms with van der Waals surface area (Å²) in [6.45, 7) is 1.30. The summed E-state index contributed by atoms with van der Waals surface area (Å²) in [6, 6.07) is 11.2. The molecule has 0 N–H and O–H groups in total. The van der Waals surface area contributed by atoms with Gasteiger partial charge in [0.15, 0.2) is 0 Å². The third-order valence-electron chi connectivity index (χ3n) is 5.72. The molecule has 0 spiro atoms. The van der Waals surface area contributed by atoms with Gasteiger partial charge in [0.2, 0.25) is 5.91 Å². The molecule has 0 atom stereocenters. The zero-order valence-corrected chi connectivity index (χ0v) is 15.2. The lowest BCUT2D eigenvalue weighted by atomic mass is 9.93. The summed E-state index contributed by atoms with van der Waals surface area (Å²) in [7, 11) is 0.